The van der Waals surface area contributed by atoms with Crippen molar-refractivity contribution in [1.82, 2.24) is 5.43 Å². The van der Waals surface area contributed by atoms with Gasteiger partial charge in [0, 0.05) is 30.8 Å². The molecule has 0 spiro atoms. The highest BCUT2D eigenvalue weighted by atomic mass is 16.5. The number of nitrogens with one attached hydrogen (secondary N) is 1. The Morgan fingerprint density at radius 1 is 1.12 bits per heavy atom. The molecule has 136 valence electrons. The van der Waals surface area contributed by atoms with Crippen LogP contribution in [0.25, 0.3) is 0 Å². The molecule has 0 aromatic heterocycles. The smallest absolute Gasteiger partial charge is 0.127 e. The van der Waals surface area contributed by atoms with Crippen LogP contribution in [-0.4, -0.2) is 37.1 Å². The van der Waals surface area contributed by atoms with E-state index < -0.39 is 0 Å². The zero-order chi connectivity index (χ0) is 18.1. The van der Waals surface area contributed by atoms with Crippen molar-refractivity contribution in [3.8, 4) is 5.75 Å². The Kier molecular flexibility index (Phi) is 4.55. The van der Waals surface area contributed by atoms with Crippen molar-refractivity contribution in [2.24, 2.45) is 5.10 Å². The summed E-state index contributed by atoms with van der Waals surface area (Å²) in [6, 6.07) is 12.8. The average Bonchev–Trinajstić information content (AvgIpc) is 3.15. The first-order valence-electron chi connectivity index (χ1n) is 9.17. The molecule has 26 heavy (non-hydrogen) atoms. The van der Waals surface area contributed by atoms with Gasteiger partial charge in [-0.2, -0.15) is 5.10 Å². The number of rotatable bonds is 3. The summed E-state index contributed by atoms with van der Waals surface area (Å²) in [6.45, 7) is 7.45. The molecule has 2 aliphatic rings. The minimum atomic E-state index is 0.143. The molecule has 0 saturated carbocycles. The number of aryl methyl sites for hydroxylation is 2. The third kappa shape index (κ3) is 3.27. The number of phenols is 1. The van der Waals surface area contributed by atoms with E-state index >= 15 is 0 Å². The second-order valence-corrected chi connectivity index (χ2v) is 7.11. The molecule has 5 heteroatoms. The van der Waals surface area contributed by atoms with E-state index in [2.05, 4.69) is 39.7 Å². The summed E-state index contributed by atoms with van der Waals surface area (Å²) in [5.41, 5.74) is 9.46. The van der Waals surface area contributed by atoms with Crippen LogP contribution >= 0.6 is 0 Å². The van der Waals surface area contributed by atoms with Gasteiger partial charge in [-0.3, -0.25) is 0 Å². The van der Waals surface area contributed by atoms with Gasteiger partial charge in [0.25, 0.3) is 0 Å². The van der Waals surface area contributed by atoms with Gasteiger partial charge in [-0.1, -0.05) is 18.2 Å². The van der Waals surface area contributed by atoms with Gasteiger partial charge in [0.05, 0.1) is 25.0 Å². The van der Waals surface area contributed by atoms with E-state index in [1.54, 1.807) is 0 Å². The van der Waals surface area contributed by atoms with Crippen LogP contribution in [0.4, 0.5) is 5.69 Å². The molecular formula is C21H25N3O2. The summed E-state index contributed by atoms with van der Waals surface area (Å²) < 4.78 is 5.42. The lowest BCUT2D eigenvalue weighted by Crippen LogP contribution is -2.36. The van der Waals surface area contributed by atoms with Gasteiger partial charge in [-0.25, -0.2) is 0 Å². The number of hydrogen-bond acceptors (Lipinski definition) is 5. The van der Waals surface area contributed by atoms with Crippen molar-refractivity contribution < 1.29 is 9.84 Å². The van der Waals surface area contributed by atoms with Gasteiger partial charge < -0.3 is 20.2 Å². The Morgan fingerprint density at radius 2 is 1.85 bits per heavy atom. The zero-order valence-electron chi connectivity index (χ0n) is 15.3. The Labute approximate surface area is 154 Å². The van der Waals surface area contributed by atoms with Gasteiger partial charge >= 0.3 is 0 Å². The molecule has 5 nitrogen and oxygen atoms in total. The van der Waals surface area contributed by atoms with E-state index in [0.29, 0.717) is 5.75 Å². The monoisotopic (exact) mass is 351 g/mol. The van der Waals surface area contributed by atoms with Crippen LogP contribution in [0.2, 0.25) is 0 Å². The highest BCUT2D eigenvalue weighted by Gasteiger charge is 2.24. The normalized spacial score (nSPS) is 20.0. The first-order chi connectivity index (χ1) is 12.6. The molecule has 2 N–H and O–H groups in total. The Bertz CT molecular complexity index is 824. The first-order valence-corrected chi connectivity index (χ1v) is 9.17. The van der Waals surface area contributed by atoms with Crippen molar-refractivity contribution >= 4 is 11.4 Å². The van der Waals surface area contributed by atoms with Gasteiger partial charge in [0.15, 0.2) is 0 Å². The lowest BCUT2D eigenvalue weighted by atomic mass is 9.96. The highest BCUT2D eigenvalue weighted by molar-refractivity contribution is 6.04. The van der Waals surface area contributed by atoms with Crippen LogP contribution in [0.1, 0.15) is 34.7 Å². The van der Waals surface area contributed by atoms with E-state index in [-0.39, 0.29) is 6.04 Å². The summed E-state index contributed by atoms with van der Waals surface area (Å²) in [4.78, 5) is 2.35. The molecule has 2 aromatic carbocycles. The maximum atomic E-state index is 10.4. The van der Waals surface area contributed by atoms with Crippen molar-refractivity contribution in [3.05, 3.63) is 58.7 Å². The molecule has 0 aliphatic carbocycles. The standard InChI is InChI=1S/C21H25N3O2/c1-14-11-15(2)21(25)18(12-14)20-13-19(22-23-20)16-3-5-17(6-4-16)24-7-9-26-10-8-24/h3-6,11-12,19,22,25H,7-10,13H2,1-2H3. The largest absolute Gasteiger partial charge is 0.507 e. The van der Waals surface area contributed by atoms with Crippen LogP contribution in [0.5, 0.6) is 5.75 Å². The van der Waals surface area contributed by atoms with Gasteiger partial charge in [0.1, 0.15) is 5.75 Å². The molecule has 0 radical (unpaired) electrons. The Morgan fingerprint density at radius 3 is 2.58 bits per heavy atom. The number of morpholine rings is 1. The van der Waals surface area contributed by atoms with E-state index in [1.165, 1.54) is 11.3 Å². The van der Waals surface area contributed by atoms with Crippen LogP contribution in [0.15, 0.2) is 41.5 Å². The average molecular weight is 351 g/mol. The van der Waals surface area contributed by atoms with Crippen molar-refractivity contribution in [2.75, 3.05) is 31.2 Å². The summed E-state index contributed by atoms with van der Waals surface area (Å²) in [5.74, 6) is 0.333. The zero-order valence-corrected chi connectivity index (χ0v) is 15.3. The van der Waals surface area contributed by atoms with E-state index in [4.69, 9.17) is 4.74 Å². The SMILES string of the molecule is Cc1cc(C)c(O)c(C2=NNC(c3ccc(N4CCOCC4)cc3)C2)c1. The van der Waals surface area contributed by atoms with Gasteiger partial charge in [-0.05, 0) is 48.7 Å². The van der Waals surface area contributed by atoms with Gasteiger partial charge in [-0.15, -0.1) is 0 Å². The van der Waals surface area contributed by atoms with Crippen LogP contribution in [-0.2, 0) is 4.74 Å². The maximum Gasteiger partial charge on any atom is 0.127 e. The molecule has 1 unspecified atom stereocenters. The predicted molar refractivity (Wildman–Crippen MR) is 104 cm³/mol. The number of nitrogens with zero attached hydrogens (tertiary/aromatic N) is 2. The van der Waals surface area contributed by atoms with Crippen LogP contribution < -0.4 is 10.3 Å². The van der Waals surface area contributed by atoms with E-state index in [0.717, 1.165) is 55.1 Å². The summed E-state index contributed by atoms with van der Waals surface area (Å²) in [7, 11) is 0. The number of hydrazone groups is 1. The van der Waals surface area contributed by atoms with Crippen molar-refractivity contribution in [2.45, 2.75) is 26.3 Å². The number of benzene rings is 2. The van der Waals surface area contributed by atoms with E-state index in [1.807, 2.05) is 26.0 Å². The quantitative estimate of drug-likeness (QED) is 0.891. The van der Waals surface area contributed by atoms with Gasteiger partial charge in [0.2, 0.25) is 0 Å². The molecule has 4 rings (SSSR count). The molecule has 2 heterocycles. The summed E-state index contributed by atoms with van der Waals surface area (Å²) >= 11 is 0. The molecule has 0 bridgehead atoms. The third-order valence-electron chi connectivity index (χ3n) is 5.18. The van der Waals surface area contributed by atoms with Crippen LogP contribution in [0, 0.1) is 13.8 Å². The Hall–Kier alpha value is -2.53. The summed E-state index contributed by atoms with van der Waals surface area (Å²) in [6.07, 6.45) is 0.771. The second-order valence-electron chi connectivity index (χ2n) is 7.11. The second kappa shape index (κ2) is 7.00. The topological polar surface area (TPSA) is 57.1 Å². The number of anilines is 1. The molecule has 0 amide bonds. The van der Waals surface area contributed by atoms with E-state index in [9.17, 15) is 5.11 Å². The third-order valence-corrected chi connectivity index (χ3v) is 5.18. The minimum Gasteiger partial charge on any atom is -0.507 e. The lowest BCUT2D eigenvalue weighted by molar-refractivity contribution is 0.122. The molecule has 1 saturated heterocycles. The van der Waals surface area contributed by atoms with Crippen LogP contribution in [0.3, 0.4) is 0 Å². The number of ether oxygens (including phenoxy) is 1. The minimum absolute atomic E-state index is 0.143. The molecule has 2 aliphatic heterocycles. The van der Waals surface area contributed by atoms with Crippen molar-refractivity contribution in [1.29, 1.82) is 0 Å². The number of phenolic OH excluding ortho intramolecular Hbond substituents is 1. The fourth-order valence-corrected chi connectivity index (χ4v) is 3.72. The Balaban J connectivity index is 1.48. The first kappa shape index (κ1) is 16.9. The molecule has 1 atom stereocenters. The molecule has 2 aromatic rings. The molecular weight excluding hydrogens is 326 g/mol. The number of aromatic hydroxyl groups is 1. The van der Waals surface area contributed by atoms with Crippen molar-refractivity contribution in [3.63, 3.8) is 0 Å². The fourth-order valence-electron chi connectivity index (χ4n) is 3.72. The highest BCUT2D eigenvalue weighted by Crippen LogP contribution is 2.31. The number of hydrogen-bond donors (Lipinski definition) is 2. The lowest BCUT2D eigenvalue weighted by Gasteiger charge is -2.29. The predicted octanol–water partition coefficient (Wildman–Crippen LogP) is 3.28. The maximum absolute atomic E-state index is 10.4. The summed E-state index contributed by atoms with van der Waals surface area (Å²) in [5, 5.41) is 14.9. The molecule has 1 fully saturated rings. The fraction of sp³-hybridized carbons (Fsp3) is 0.381.